The number of fused-ring (bicyclic) bond motifs is 3. The summed E-state index contributed by atoms with van der Waals surface area (Å²) in [6, 6.07) is 23.0. The smallest absolute Gasteiger partial charge is 0.253 e. The third-order valence-corrected chi connectivity index (χ3v) is 5.52. The lowest BCUT2D eigenvalue weighted by molar-refractivity contribution is 0.0784. The molecule has 170 valence electrons. The van der Waals surface area contributed by atoms with Crippen molar-refractivity contribution >= 4 is 11.8 Å². The first-order chi connectivity index (χ1) is 16.1. The van der Waals surface area contributed by atoms with E-state index >= 15 is 0 Å². The summed E-state index contributed by atoms with van der Waals surface area (Å²) in [6.07, 6.45) is 0.542. The van der Waals surface area contributed by atoms with Crippen LogP contribution in [0.3, 0.4) is 0 Å². The van der Waals surface area contributed by atoms with Gasteiger partial charge in [-0.3, -0.25) is 9.59 Å². The van der Waals surface area contributed by atoms with E-state index in [2.05, 4.69) is 5.32 Å². The number of rotatable bonds is 3. The molecule has 1 N–H and O–H groups in total. The van der Waals surface area contributed by atoms with E-state index in [1.807, 2.05) is 60.7 Å². The Morgan fingerprint density at radius 3 is 2.67 bits per heavy atom. The fourth-order valence-corrected chi connectivity index (χ4v) is 3.83. The molecule has 0 saturated heterocycles. The number of amides is 2. The van der Waals surface area contributed by atoms with E-state index in [1.165, 1.54) is 0 Å². The molecule has 33 heavy (non-hydrogen) atoms. The maximum atomic E-state index is 13.1. The van der Waals surface area contributed by atoms with Crippen molar-refractivity contribution in [3.05, 3.63) is 101 Å². The van der Waals surface area contributed by atoms with Crippen LogP contribution in [0.25, 0.3) is 0 Å². The highest BCUT2D eigenvalue weighted by molar-refractivity contribution is 5.95. The van der Waals surface area contributed by atoms with Crippen LogP contribution in [0.1, 0.15) is 37.4 Å². The second-order valence-electron chi connectivity index (χ2n) is 8.06. The third-order valence-electron chi connectivity index (χ3n) is 5.52. The van der Waals surface area contributed by atoms with Gasteiger partial charge in [0, 0.05) is 37.7 Å². The minimum atomic E-state index is -0.125. The molecule has 6 nitrogen and oxygen atoms in total. The summed E-state index contributed by atoms with van der Waals surface area (Å²) in [4.78, 5) is 27.3. The summed E-state index contributed by atoms with van der Waals surface area (Å²) >= 11 is 0. The van der Waals surface area contributed by atoms with Crippen LogP contribution in [-0.4, -0.2) is 50.1 Å². The Bertz CT molecular complexity index is 1110. The molecule has 0 aromatic heterocycles. The maximum Gasteiger partial charge on any atom is 0.253 e. The Balaban J connectivity index is 1.60. The molecule has 6 heteroatoms. The molecule has 3 aromatic carbocycles. The molecule has 2 amide bonds. The maximum absolute atomic E-state index is 13.1. The summed E-state index contributed by atoms with van der Waals surface area (Å²) in [6.45, 7) is 2.20. The largest absolute Gasteiger partial charge is 0.491 e. The normalized spacial score (nSPS) is 14.3. The van der Waals surface area contributed by atoms with E-state index in [9.17, 15) is 9.59 Å². The van der Waals surface area contributed by atoms with E-state index in [0.717, 1.165) is 16.7 Å². The van der Waals surface area contributed by atoms with Gasteiger partial charge in [-0.2, -0.15) is 0 Å². The molecular weight excluding hydrogens is 416 g/mol. The number of hydrogen-bond donors (Lipinski definition) is 1. The number of nitrogens with one attached hydrogen (secondary N) is 1. The molecule has 1 heterocycles. The monoisotopic (exact) mass is 444 g/mol. The Labute approximate surface area is 194 Å². The molecule has 0 spiro atoms. The van der Waals surface area contributed by atoms with Crippen molar-refractivity contribution in [3.8, 4) is 5.75 Å². The van der Waals surface area contributed by atoms with E-state index in [0.29, 0.717) is 56.2 Å². The Morgan fingerprint density at radius 2 is 1.82 bits per heavy atom. The first kappa shape index (κ1) is 22.6. The Hall–Kier alpha value is -3.64. The molecule has 0 fully saturated rings. The highest BCUT2D eigenvalue weighted by Gasteiger charge is 2.16. The van der Waals surface area contributed by atoms with Crippen molar-refractivity contribution in [2.75, 3.05) is 33.4 Å². The fraction of sp³-hybridized carbons (Fsp3) is 0.259. The zero-order valence-corrected chi connectivity index (χ0v) is 18.8. The zero-order chi connectivity index (χ0) is 23.0. The van der Waals surface area contributed by atoms with E-state index < -0.39 is 0 Å². The molecule has 3 aromatic rings. The minimum absolute atomic E-state index is 0.0579. The van der Waals surface area contributed by atoms with Crippen LogP contribution in [-0.2, 0) is 17.7 Å². The predicted octanol–water partition coefficient (Wildman–Crippen LogP) is 3.69. The highest BCUT2D eigenvalue weighted by atomic mass is 16.5. The summed E-state index contributed by atoms with van der Waals surface area (Å²) in [5, 5.41) is 2.87. The summed E-state index contributed by atoms with van der Waals surface area (Å²) in [7, 11) is 1.80. The van der Waals surface area contributed by atoms with Crippen LogP contribution in [0.5, 0.6) is 5.75 Å². The van der Waals surface area contributed by atoms with Gasteiger partial charge in [0.15, 0.2) is 0 Å². The molecule has 0 radical (unpaired) electrons. The predicted molar refractivity (Wildman–Crippen MR) is 127 cm³/mol. The van der Waals surface area contributed by atoms with Crippen molar-refractivity contribution in [2.45, 2.75) is 13.0 Å². The van der Waals surface area contributed by atoms with Crippen molar-refractivity contribution in [3.63, 3.8) is 0 Å². The molecule has 2 bridgehead atoms. The van der Waals surface area contributed by atoms with Crippen LogP contribution in [0.2, 0.25) is 0 Å². The van der Waals surface area contributed by atoms with Crippen LogP contribution >= 0.6 is 0 Å². The van der Waals surface area contributed by atoms with Gasteiger partial charge in [-0.15, -0.1) is 0 Å². The van der Waals surface area contributed by atoms with Gasteiger partial charge in [-0.05, 0) is 47.0 Å². The zero-order valence-electron chi connectivity index (χ0n) is 18.8. The van der Waals surface area contributed by atoms with Crippen LogP contribution in [0, 0.1) is 0 Å². The van der Waals surface area contributed by atoms with Gasteiger partial charge < -0.3 is 19.7 Å². The summed E-state index contributed by atoms with van der Waals surface area (Å²) in [5.41, 5.74) is 4.14. The topological polar surface area (TPSA) is 67.9 Å². The molecule has 0 unspecified atom stereocenters. The average Bonchev–Trinajstić information content (AvgIpc) is 2.84. The van der Waals surface area contributed by atoms with Gasteiger partial charge in [0.1, 0.15) is 12.4 Å². The summed E-state index contributed by atoms with van der Waals surface area (Å²) < 4.78 is 11.5. The second-order valence-corrected chi connectivity index (χ2v) is 8.06. The quantitative estimate of drug-likeness (QED) is 0.669. The first-order valence-corrected chi connectivity index (χ1v) is 11.1. The van der Waals surface area contributed by atoms with Crippen molar-refractivity contribution in [1.82, 2.24) is 10.2 Å². The lowest BCUT2D eigenvalue weighted by Crippen LogP contribution is -2.28. The van der Waals surface area contributed by atoms with E-state index in [-0.39, 0.29) is 11.8 Å². The van der Waals surface area contributed by atoms with Gasteiger partial charge >= 0.3 is 0 Å². The number of carbonyl (C=O) groups is 2. The molecule has 1 aliphatic rings. The number of hydrogen-bond acceptors (Lipinski definition) is 4. The van der Waals surface area contributed by atoms with Gasteiger partial charge in [0.05, 0.1) is 13.2 Å². The highest BCUT2D eigenvalue weighted by Crippen LogP contribution is 2.25. The van der Waals surface area contributed by atoms with Gasteiger partial charge in [-0.1, -0.05) is 42.5 Å². The van der Waals surface area contributed by atoms with Gasteiger partial charge in [0.2, 0.25) is 0 Å². The van der Waals surface area contributed by atoms with E-state index in [4.69, 9.17) is 9.47 Å². The molecule has 4 rings (SSSR count). The first-order valence-electron chi connectivity index (χ1n) is 11.1. The van der Waals surface area contributed by atoms with Gasteiger partial charge in [0.25, 0.3) is 11.8 Å². The number of benzene rings is 3. The van der Waals surface area contributed by atoms with Crippen molar-refractivity contribution < 1.29 is 19.1 Å². The standard InChI is InChI=1S/C27H28N2O4/c1-29(19-20-6-3-2-4-7-20)27(31)23-10-11-25-24(18-23)17-21-8-5-9-22(16-21)26(30)28-12-13-32-14-15-33-25/h2-11,16,18H,12-15,17,19H2,1H3,(H,28,30). The Kier molecular flexibility index (Phi) is 7.37. The number of carbonyl (C=O) groups excluding carboxylic acids is 2. The molecule has 0 atom stereocenters. The molecular formula is C27H28N2O4. The SMILES string of the molecule is CN(Cc1ccccc1)C(=O)c1ccc2c(c1)Cc1cccc(c1)C(=O)NCCOCCO2. The fourth-order valence-electron chi connectivity index (χ4n) is 3.83. The van der Waals surface area contributed by atoms with Crippen LogP contribution < -0.4 is 10.1 Å². The lowest BCUT2D eigenvalue weighted by atomic mass is 9.99. The molecule has 0 saturated carbocycles. The summed E-state index contributed by atoms with van der Waals surface area (Å²) in [5.74, 6) is 0.533. The van der Waals surface area contributed by atoms with Gasteiger partial charge in [-0.25, -0.2) is 0 Å². The Morgan fingerprint density at radius 1 is 0.970 bits per heavy atom. The lowest BCUT2D eigenvalue weighted by Gasteiger charge is -2.19. The van der Waals surface area contributed by atoms with Crippen molar-refractivity contribution in [1.29, 1.82) is 0 Å². The van der Waals surface area contributed by atoms with E-state index in [1.54, 1.807) is 24.1 Å². The number of ether oxygens (including phenoxy) is 2. The van der Waals surface area contributed by atoms with Crippen LogP contribution in [0.15, 0.2) is 72.8 Å². The number of nitrogens with zero attached hydrogens (tertiary/aromatic N) is 1. The minimum Gasteiger partial charge on any atom is -0.491 e. The van der Waals surface area contributed by atoms with Crippen LogP contribution in [0.4, 0.5) is 0 Å². The average molecular weight is 445 g/mol. The third kappa shape index (κ3) is 5.99. The molecule has 1 aliphatic heterocycles. The second kappa shape index (κ2) is 10.8. The molecule has 0 aliphatic carbocycles. The van der Waals surface area contributed by atoms with Crippen molar-refractivity contribution in [2.24, 2.45) is 0 Å².